The Morgan fingerprint density at radius 1 is 0.938 bits per heavy atom. The van der Waals surface area contributed by atoms with Crippen LogP contribution in [0.4, 0.5) is 17.1 Å². The molecule has 0 fully saturated rings. The van der Waals surface area contributed by atoms with Gasteiger partial charge in [0.25, 0.3) is 5.91 Å². The summed E-state index contributed by atoms with van der Waals surface area (Å²) in [5, 5.41) is 11.4. The Morgan fingerprint density at radius 2 is 1.56 bits per heavy atom. The molecule has 1 aromatic heterocycles. The summed E-state index contributed by atoms with van der Waals surface area (Å²) >= 11 is 6.84. The van der Waals surface area contributed by atoms with Crippen LogP contribution in [0.5, 0.6) is 17.2 Å². The quantitative estimate of drug-likeness (QED) is 0.350. The van der Waals surface area contributed by atoms with Crippen LogP contribution in [0.2, 0.25) is 0 Å². The van der Waals surface area contributed by atoms with E-state index in [0.717, 1.165) is 11.4 Å². The van der Waals surface area contributed by atoms with Gasteiger partial charge in [-0.3, -0.25) is 4.79 Å². The first-order chi connectivity index (χ1) is 15.5. The van der Waals surface area contributed by atoms with Gasteiger partial charge in [0.15, 0.2) is 5.11 Å². The van der Waals surface area contributed by atoms with Crippen LogP contribution in [-0.4, -0.2) is 31.3 Å². The molecule has 3 aromatic rings. The first-order valence-corrected chi connectivity index (χ1v) is 11.3. The molecule has 0 saturated heterocycles. The third-order valence-electron chi connectivity index (χ3n) is 4.27. The highest BCUT2D eigenvalue weighted by Crippen LogP contribution is 2.37. The van der Waals surface area contributed by atoms with Crippen LogP contribution in [0.3, 0.4) is 0 Å². The largest absolute Gasteiger partial charge is 0.497 e. The van der Waals surface area contributed by atoms with Crippen molar-refractivity contribution in [3.63, 3.8) is 0 Å². The second-order valence-electron chi connectivity index (χ2n) is 6.45. The number of methoxy groups -OCH3 is 1. The summed E-state index contributed by atoms with van der Waals surface area (Å²) in [4.78, 5) is 13.2. The fraction of sp³-hybridized carbons (Fsp3) is 0.217. The summed E-state index contributed by atoms with van der Waals surface area (Å²) in [6.45, 7) is 4.64. The van der Waals surface area contributed by atoms with E-state index < -0.39 is 0 Å². The predicted molar refractivity (Wildman–Crippen MR) is 134 cm³/mol. The van der Waals surface area contributed by atoms with Gasteiger partial charge in [-0.15, -0.1) is 11.3 Å². The smallest absolute Gasteiger partial charge is 0.265 e. The number of anilines is 3. The number of carbonyl (C=O) groups is 1. The average molecular weight is 472 g/mol. The summed E-state index contributed by atoms with van der Waals surface area (Å²) < 4.78 is 16.7. The molecule has 0 aliphatic rings. The zero-order valence-electron chi connectivity index (χ0n) is 18.1. The minimum absolute atomic E-state index is 0.208. The van der Waals surface area contributed by atoms with Gasteiger partial charge in [-0.2, -0.15) is 0 Å². The number of hydrogen-bond acceptors (Lipinski definition) is 6. The molecule has 1 amide bonds. The van der Waals surface area contributed by atoms with Crippen molar-refractivity contribution in [2.75, 3.05) is 36.3 Å². The zero-order chi connectivity index (χ0) is 22.9. The van der Waals surface area contributed by atoms with Gasteiger partial charge in [0.05, 0.1) is 36.6 Å². The number of thiocarbonyl (C=S) groups is 1. The first kappa shape index (κ1) is 23.4. The van der Waals surface area contributed by atoms with Gasteiger partial charge < -0.3 is 30.2 Å². The Morgan fingerprint density at radius 3 is 2.09 bits per heavy atom. The summed E-state index contributed by atoms with van der Waals surface area (Å²) in [6, 6.07) is 14.5. The van der Waals surface area contributed by atoms with Crippen LogP contribution in [0.1, 0.15) is 23.5 Å². The first-order valence-electron chi connectivity index (χ1n) is 10.0. The van der Waals surface area contributed by atoms with Crippen LogP contribution in [0, 0.1) is 0 Å². The van der Waals surface area contributed by atoms with E-state index in [1.807, 2.05) is 49.6 Å². The topological polar surface area (TPSA) is 80.8 Å². The molecule has 32 heavy (non-hydrogen) atoms. The van der Waals surface area contributed by atoms with E-state index in [1.165, 1.54) is 11.3 Å². The number of hydrogen-bond donors (Lipinski definition) is 3. The maximum atomic E-state index is 12.6. The molecule has 0 radical (unpaired) electrons. The van der Waals surface area contributed by atoms with Crippen molar-refractivity contribution in [2.24, 2.45) is 0 Å². The van der Waals surface area contributed by atoms with E-state index in [9.17, 15) is 4.79 Å². The van der Waals surface area contributed by atoms with Crippen molar-refractivity contribution in [3.05, 3.63) is 58.8 Å². The lowest BCUT2D eigenvalue weighted by atomic mass is 10.2. The van der Waals surface area contributed by atoms with Gasteiger partial charge in [-0.1, -0.05) is 6.07 Å². The van der Waals surface area contributed by atoms with Gasteiger partial charge >= 0.3 is 0 Å². The van der Waals surface area contributed by atoms with Crippen molar-refractivity contribution in [3.8, 4) is 17.2 Å². The van der Waals surface area contributed by atoms with Crippen LogP contribution in [0.25, 0.3) is 0 Å². The second-order valence-corrected chi connectivity index (χ2v) is 7.81. The van der Waals surface area contributed by atoms with Gasteiger partial charge in [-0.05, 0) is 61.8 Å². The van der Waals surface area contributed by atoms with Crippen LogP contribution < -0.4 is 30.2 Å². The number of thiophene rings is 1. The number of nitrogens with one attached hydrogen (secondary N) is 3. The number of rotatable bonds is 9. The fourth-order valence-corrected chi connectivity index (χ4v) is 3.70. The molecular formula is C23H25N3O4S2. The van der Waals surface area contributed by atoms with Crippen LogP contribution >= 0.6 is 23.6 Å². The van der Waals surface area contributed by atoms with E-state index in [4.69, 9.17) is 26.4 Å². The van der Waals surface area contributed by atoms with Crippen LogP contribution in [-0.2, 0) is 0 Å². The number of ether oxygens (including phenoxy) is 3. The Bertz CT molecular complexity index is 1050. The zero-order valence-corrected chi connectivity index (χ0v) is 19.7. The fourth-order valence-electron chi connectivity index (χ4n) is 2.86. The highest BCUT2D eigenvalue weighted by Gasteiger charge is 2.16. The van der Waals surface area contributed by atoms with E-state index in [-0.39, 0.29) is 5.91 Å². The van der Waals surface area contributed by atoms with Crippen molar-refractivity contribution < 1.29 is 19.0 Å². The molecule has 1 heterocycles. The summed E-state index contributed by atoms with van der Waals surface area (Å²) in [5.41, 5.74) is 1.95. The molecule has 0 unspecified atom stereocenters. The predicted octanol–water partition coefficient (Wildman–Crippen LogP) is 5.62. The molecule has 168 valence electrons. The summed E-state index contributed by atoms with van der Waals surface area (Å²) in [5.74, 6) is 1.60. The number of amides is 1. The molecule has 0 bridgehead atoms. The lowest BCUT2D eigenvalue weighted by Crippen LogP contribution is -2.20. The van der Waals surface area contributed by atoms with Gasteiger partial charge in [-0.25, -0.2) is 0 Å². The average Bonchev–Trinajstić information content (AvgIpc) is 3.32. The standard InChI is InChI=1S/C23H25N3O4S2/c1-4-29-19-14-18(26-23(31)24-15-8-10-16(28-3)11-9-15)20(30-5-2)13-17(19)25-22(27)21-7-6-12-32-21/h6-14H,4-5H2,1-3H3,(H,25,27)(H2,24,26,31). The second kappa shape index (κ2) is 11.4. The maximum Gasteiger partial charge on any atom is 0.265 e. The monoisotopic (exact) mass is 471 g/mol. The van der Waals surface area contributed by atoms with Crippen molar-refractivity contribution >= 4 is 51.6 Å². The minimum atomic E-state index is -0.208. The molecule has 0 atom stereocenters. The van der Waals surface area contributed by atoms with Crippen molar-refractivity contribution in [2.45, 2.75) is 13.8 Å². The normalized spacial score (nSPS) is 10.2. The van der Waals surface area contributed by atoms with Gasteiger partial charge in [0, 0.05) is 17.8 Å². The molecule has 3 N–H and O–H groups in total. The molecule has 9 heteroatoms. The molecule has 0 aliphatic carbocycles. The van der Waals surface area contributed by atoms with Crippen molar-refractivity contribution in [1.82, 2.24) is 0 Å². The lowest BCUT2D eigenvalue weighted by Gasteiger charge is -2.19. The lowest BCUT2D eigenvalue weighted by molar-refractivity contribution is 0.103. The van der Waals surface area contributed by atoms with Crippen molar-refractivity contribution in [1.29, 1.82) is 0 Å². The third-order valence-corrected chi connectivity index (χ3v) is 5.34. The van der Waals surface area contributed by atoms with E-state index in [0.29, 0.717) is 46.1 Å². The molecule has 0 spiro atoms. The molecule has 3 rings (SSSR count). The number of carbonyl (C=O) groups excluding carboxylic acids is 1. The Balaban J connectivity index is 1.82. The third kappa shape index (κ3) is 6.12. The minimum Gasteiger partial charge on any atom is -0.497 e. The molecule has 7 nitrogen and oxygen atoms in total. The highest BCUT2D eigenvalue weighted by atomic mass is 32.1. The Kier molecular flexibility index (Phi) is 8.29. The van der Waals surface area contributed by atoms with E-state index >= 15 is 0 Å². The van der Waals surface area contributed by atoms with Gasteiger partial charge in [0.1, 0.15) is 17.2 Å². The summed E-state index contributed by atoms with van der Waals surface area (Å²) in [7, 11) is 1.62. The number of benzene rings is 2. The highest BCUT2D eigenvalue weighted by molar-refractivity contribution is 7.80. The molecule has 2 aromatic carbocycles. The van der Waals surface area contributed by atoms with Gasteiger partial charge in [0.2, 0.25) is 0 Å². The SMILES string of the molecule is CCOc1cc(NC(=S)Nc2ccc(OC)cc2)c(OCC)cc1NC(=O)c1cccs1. The molecular weight excluding hydrogens is 446 g/mol. The molecule has 0 aliphatic heterocycles. The van der Waals surface area contributed by atoms with E-state index in [2.05, 4.69) is 16.0 Å². The maximum absolute atomic E-state index is 12.6. The van der Waals surface area contributed by atoms with E-state index in [1.54, 1.807) is 25.3 Å². The summed E-state index contributed by atoms with van der Waals surface area (Å²) in [6.07, 6.45) is 0. The molecule has 0 saturated carbocycles. The Hall–Kier alpha value is -3.30. The van der Waals surface area contributed by atoms with Crippen LogP contribution in [0.15, 0.2) is 53.9 Å². The Labute approximate surface area is 196 Å².